The van der Waals surface area contributed by atoms with E-state index in [2.05, 4.69) is 29.9 Å². The molecule has 0 saturated carbocycles. The molecule has 0 saturated heterocycles. The van der Waals surface area contributed by atoms with Gasteiger partial charge in [0.2, 0.25) is 0 Å². The fourth-order valence-corrected chi connectivity index (χ4v) is 1.57. The molecule has 1 rings (SSSR count). The number of aromatic nitrogens is 1. The van der Waals surface area contributed by atoms with Crippen LogP contribution >= 0.6 is 0 Å². The Bertz CT molecular complexity index is 269. The Morgan fingerprint density at radius 1 is 1.60 bits per heavy atom. The van der Waals surface area contributed by atoms with E-state index in [1.54, 1.807) is 0 Å². The van der Waals surface area contributed by atoms with Crippen LogP contribution in [0.5, 0.6) is 0 Å². The lowest BCUT2D eigenvalue weighted by Gasteiger charge is -2.17. The van der Waals surface area contributed by atoms with E-state index >= 15 is 0 Å². The SMILES string of the molecule is C=CCCC(NCCC)c1cccnc1. The van der Waals surface area contributed by atoms with Gasteiger partial charge in [-0.25, -0.2) is 0 Å². The van der Waals surface area contributed by atoms with Crippen molar-refractivity contribution in [3.05, 3.63) is 42.7 Å². The minimum absolute atomic E-state index is 0.414. The number of nitrogens with one attached hydrogen (secondary N) is 1. The Morgan fingerprint density at radius 3 is 3.07 bits per heavy atom. The first-order valence-electron chi connectivity index (χ1n) is 5.62. The zero-order valence-corrected chi connectivity index (χ0v) is 9.45. The summed E-state index contributed by atoms with van der Waals surface area (Å²) in [5.74, 6) is 0. The van der Waals surface area contributed by atoms with Crippen molar-refractivity contribution in [2.45, 2.75) is 32.2 Å². The Morgan fingerprint density at radius 2 is 2.47 bits per heavy atom. The van der Waals surface area contributed by atoms with Gasteiger partial charge in [0.05, 0.1) is 0 Å². The molecule has 82 valence electrons. The van der Waals surface area contributed by atoms with Crippen LogP contribution in [0.25, 0.3) is 0 Å². The summed E-state index contributed by atoms with van der Waals surface area (Å²) in [5.41, 5.74) is 1.27. The number of hydrogen-bond donors (Lipinski definition) is 1. The lowest BCUT2D eigenvalue weighted by atomic mass is 10.0. The van der Waals surface area contributed by atoms with E-state index in [-0.39, 0.29) is 0 Å². The number of hydrogen-bond acceptors (Lipinski definition) is 2. The van der Waals surface area contributed by atoms with Crippen molar-refractivity contribution in [2.75, 3.05) is 6.54 Å². The molecule has 0 spiro atoms. The van der Waals surface area contributed by atoms with E-state index in [9.17, 15) is 0 Å². The van der Waals surface area contributed by atoms with Crippen LogP contribution in [-0.2, 0) is 0 Å². The molecule has 1 N–H and O–H groups in total. The molecular weight excluding hydrogens is 184 g/mol. The van der Waals surface area contributed by atoms with Gasteiger partial charge in [-0.05, 0) is 37.4 Å². The van der Waals surface area contributed by atoms with Crippen molar-refractivity contribution in [3.8, 4) is 0 Å². The van der Waals surface area contributed by atoms with Gasteiger partial charge in [-0.1, -0.05) is 19.1 Å². The first kappa shape index (κ1) is 11.9. The summed E-state index contributed by atoms with van der Waals surface area (Å²) in [6, 6.07) is 4.53. The van der Waals surface area contributed by atoms with Crippen LogP contribution in [-0.4, -0.2) is 11.5 Å². The van der Waals surface area contributed by atoms with Crippen LogP contribution in [0.15, 0.2) is 37.2 Å². The molecule has 0 fully saturated rings. The first-order chi connectivity index (χ1) is 7.38. The third kappa shape index (κ3) is 4.26. The summed E-state index contributed by atoms with van der Waals surface area (Å²) >= 11 is 0. The van der Waals surface area contributed by atoms with Crippen LogP contribution in [0.3, 0.4) is 0 Å². The van der Waals surface area contributed by atoms with Gasteiger partial charge in [0.25, 0.3) is 0 Å². The molecule has 0 amide bonds. The van der Waals surface area contributed by atoms with Crippen LogP contribution in [0, 0.1) is 0 Å². The van der Waals surface area contributed by atoms with E-state index in [0.29, 0.717) is 6.04 Å². The molecule has 1 aromatic heterocycles. The molecule has 1 atom stereocenters. The highest BCUT2D eigenvalue weighted by atomic mass is 14.9. The van der Waals surface area contributed by atoms with Gasteiger partial charge in [0.1, 0.15) is 0 Å². The summed E-state index contributed by atoms with van der Waals surface area (Å²) in [5, 5.41) is 3.53. The summed E-state index contributed by atoms with van der Waals surface area (Å²) in [4.78, 5) is 4.16. The van der Waals surface area contributed by atoms with Crippen molar-refractivity contribution >= 4 is 0 Å². The maximum Gasteiger partial charge on any atom is 0.0338 e. The molecule has 0 aliphatic carbocycles. The highest BCUT2D eigenvalue weighted by Crippen LogP contribution is 2.17. The Hall–Kier alpha value is -1.15. The zero-order valence-electron chi connectivity index (χ0n) is 9.45. The molecule has 0 aliphatic heterocycles. The molecule has 15 heavy (non-hydrogen) atoms. The van der Waals surface area contributed by atoms with Crippen molar-refractivity contribution in [2.24, 2.45) is 0 Å². The van der Waals surface area contributed by atoms with E-state index in [1.807, 2.05) is 24.5 Å². The van der Waals surface area contributed by atoms with Crippen LogP contribution in [0.4, 0.5) is 0 Å². The fraction of sp³-hybridized carbons (Fsp3) is 0.462. The molecular formula is C13H20N2. The minimum Gasteiger partial charge on any atom is -0.310 e. The molecule has 0 aromatic carbocycles. The molecule has 0 bridgehead atoms. The highest BCUT2D eigenvalue weighted by Gasteiger charge is 2.08. The largest absolute Gasteiger partial charge is 0.310 e. The van der Waals surface area contributed by atoms with Gasteiger partial charge in [0.15, 0.2) is 0 Å². The summed E-state index contributed by atoms with van der Waals surface area (Å²) in [7, 11) is 0. The number of nitrogens with zero attached hydrogens (tertiary/aromatic N) is 1. The predicted octanol–water partition coefficient (Wildman–Crippen LogP) is 3.09. The molecule has 0 radical (unpaired) electrons. The van der Waals surface area contributed by atoms with Crippen molar-refractivity contribution in [1.29, 1.82) is 0 Å². The third-order valence-electron chi connectivity index (χ3n) is 2.39. The summed E-state index contributed by atoms with van der Waals surface area (Å²) < 4.78 is 0. The quantitative estimate of drug-likeness (QED) is 0.690. The lowest BCUT2D eigenvalue weighted by molar-refractivity contribution is 0.502. The van der Waals surface area contributed by atoms with Crippen molar-refractivity contribution in [3.63, 3.8) is 0 Å². The summed E-state index contributed by atoms with van der Waals surface area (Å²) in [6.07, 6.45) is 9.01. The third-order valence-corrected chi connectivity index (χ3v) is 2.39. The first-order valence-corrected chi connectivity index (χ1v) is 5.62. The fourth-order valence-electron chi connectivity index (χ4n) is 1.57. The average Bonchev–Trinajstić information content (AvgIpc) is 2.30. The van der Waals surface area contributed by atoms with Gasteiger partial charge in [-0.2, -0.15) is 0 Å². The number of rotatable bonds is 7. The second-order valence-electron chi connectivity index (χ2n) is 3.66. The smallest absolute Gasteiger partial charge is 0.0338 e. The van der Waals surface area contributed by atoms with Crippen molar-refractivity contribution < 1.29 is 0 Å². The van der Waals surface area contributed by atoms with Crippen LogP contribution in [0.1, 0.15) is 37.8 Å². The highest BCUT2D eigenvalue weighted by molar-refractivity contribution is 5.13. The van der Waals surface area contributed by atoms with E-state index in [4.69, 9.17) is 0 Å². The molecule has 0 aliphatic rings. The average molecular weight is 204 g/mol. The Labute approximate surface area is 92.4 Å². The predicted molar refractivity (Wildman–Crippen MR) is 64.7 cm³/mol. The topological polar surface area (TPSA) is 24.9 Å². The molecule has 1 unspecified atom stereocenters. The van der Waals surface area contributed by atoms with Crippen molar-refractivity contribution in [1.82, 2.24) is 10.3 Å². The summed E-state index contributed by atoms with van der Waals surface area (Å²) in [6.45, 7) is 7.00. The van der Waals surface area contributed by atoms with Gasteiger partial charge in [-0.15, -0.1) is 6.58 Å². The molecule has 2 heteroatoms. The maximum absolute atomic E-state index is 4.16. The second-order valence-corrected chi connectivity index (χ2v) is 3.66. The van der Waals surface area contributed by atoms with Gasteiger partial charge < -0.3 is 5.32 Å². The maximum atomic E-state index is 4.16. The molecule has 1 heterocycles. The monoisotopic (exact) mass is 204 g/mol. The van der Waals surface area contributed by atoms with Gasteiger partial charge in [-0.3, -0.25) is 4.98 Å². The minimum atomic E-state index is 0.414. The van der Waals surface area contributed by atoms with Gasteiger partial charge >= 0.3 is 0 Å². The molecule has 2 nitrogen and oxygen atoms in total. The van der Waals surface area contributed by atoms with Gasteiger partial charge in [0, 0.05) is 18.4 Å². The molecule has 1 aromatic rings. The van der Waals surface area contributed by atoms with E-state index in [0.717, 1.165) is 25.8 Å². The van der Waals surface area contributed by atoms with Crippen LogP contribution in [0.2, 0.25) is 0 Å². The zero-order chi connectivity index (χ0) is 10.9. The number of allylic oxidation sites excluding steroid dienone is 1. The van der Waals surface area contributed by atoms with E-state index in [1.165, 1.54) is 5.56 Å². The second kappa shape index (κ2) is 7.18. The van der Waals surface area contributed by atoms with Crippen LogP contribution < -0.4 is 5.32 Å². The Balaban J connectivity index is 2.58. The Kier molecular flexibility index (Phi) is 5.71. The number of pyridine rings is 1. The normalized spacial score (nSPS) is 12.3. The lowest BCUT2D eigenvalue weighted by Crippen LogP contribution is -2.22. The van der Waals surface area contributed by atoms with E-state index < -0.39 is 0 Å². The standard InChI is InChI=1S/C13H20N2/c1-3-5-8-13(15-9-4-2)12-7-6-10-14-11-12/h3,6-7,10-11,13,15H,1,4-5,8-9H2,2H3.